The van der Waals surface area contributed by atoms with E-state index in [0.29, 0.717) is 12.5 Å². The molecular formula is C19H22N6O. The molecule has 2 aliphatic rings. The number of rotatable bonds is 4. The summed E-state index contributed by atoms with van der Waals surface area (Å²) in [5, 5.41) is 10.4. The Bertz CT molecular complexity index is 907. The topological polar surface area (TPSA) is 89.7 Å². The molecule has 1 atom stereocenters. The molecule has 0 radical (unpaired) electrons. The van der Waals surface area contributed by atoms with Crippen molar-refractivity contribution in [2.24, 2.45) is 0 Å². The molecule has 1 saturated heterocycles. The molecule has 0 unspecified atom stereocenters. The summed E-state index contributed by atoms with van der Waals surface area (Å²) in [6, 6.07) is 10.0. The lowest BCUT2D eigenvalue weighted by molar-refractivity contribution is 0.190. The lowest BCUT2D eigenvalue weighted by Gasteiger charge is -2.23. The minimum absolute atomic E-state index is 0.00573. The minimum atomic E-state index is -0.0458. The predicted octanol–water partition coefficient (Wildman–Crippen LogP) is 3.21. The largest absolute Gasteiger partial charge is 0.340 e. The molecule has 2 fully saturated rings. The van der Waals surface area contributed by atoms with Crippen LogP contribution in [-0.4, -0.2) is 37.6 Å². The molecule has 2 aromatic heterocycles. The van der Waals surface area contributed by atoms with E-state index in [4.69, 9.17) is 0 Å². The molecule has 1 aliphatic heterocycles. The van der Waals surface area contributed by atoms with E-state index in [0.717, 1.165) is 47.6 Å². The van der Waals surface area contributed by atoms with Gasteiger partial charge in [-0.15, -0.1) is 0 Å². The van der Waals surface area contributed by atoms with Crippen molar-refractivity contribution < 1.29 is 4.79 Å². The van der Waals surface area contributed by atoms with Gasteiger partial charge in [-0.05, 0) is 43.9 Å². The number of carbonyl (C=O) groups is 1. The number of para-hydroxylation sites is 2. The third-order valence-electron chi connectivity index (χ3n) is 5.31. The fourth-order valence-electron chi connectivity index (χ4n) is 3.76. The van der Waals surface area contributed by atoms with Gasteiger partial charge in [-0.3, -0.25) is 5.10 Å². The third kappa shape index (κ3) is 2.83. The van der Waals surface area contributed by atoms with Gasteiger partial charge in [-0.2, -0.15) is 5.10 Å². The first kappa shape index (κ1) is 15.4. The number of urea groups is 1. The number of imidazole rings is 1. The standard InChI is InChI=1S/C19H22N6O/c26-19(20-11-13-10-16(24-23-13)12-7-8-12)25-9-3-6-17(25)18-21-14-4-1-2-5-15(14)22-18/h1-2,4-5,10,12,17H,3,6-9,11H2,(H,20,26)(H,21,22)(H,23,24)/t17-/m1/s1. The highest BCUT2D eigenvalue weighted by atomic mass is 16.2. The highest BCUT2D eigenvalue weighted by Gasteiger charge is 2.32. The quantitative estimate of drug-likeness (QED) is 0.675. The van der Waals surface area contributed by atoms with E-state index < -0.39 is 0 Å². The van der Waals surface area contributed by atoms with Crippen LogP contribution < -0.4 is 5.32 Å². The number of likely N-dealkylation sites (tertiary alicyclic amines) is 1. The van der Waals surface area contributed by atoms with Crippen LogP contribution in [0.15, 0.2) is 30.3 Å². The SMILES string of the molecule is O=C(NCc1cc(C2CC2)n[nH]1)N1CCC[C@@H]1c1nc2ccccc2[nH]1. The van der Waals surface area contributed by atoms with Gasteiger partial charge in [0.1, 0.15) is 5.82 Å². The Labute approximate surface area is 151 Å². The molecule has 3 aromatic rings. The van der Waals surface area contributed by atoms with E-state index in [1.165, 1.54) is 12.8 Å². The van der Waals surface area contributed by atoms with Crippen LogP contribution in [0.2, 0.25) is 0 Å². The van der Waals surface area contributed by atoms with Gasteiger partial charge in [0, 0.05) is 12.5 Å². The summed E-state index contributed by atoms with van der Waals surface area (Å²) in [6.45, 7) is 1.23. The summed E-state index contributed by atoms with van der Waals surface area (Å²) in [5.41, 5.74) is 4.04. The van der Waals surface area contributed by atoms with Crippen LogP contribution in [0.4, 0.5) is 4.79 Å². The first-order valence-electron chi connectivity index (χ1n) is 9.31. The zero-order valence-electron chi connectivity index (χ0n) is 14.5. The van der Waals surface area contributed by atoms with Gasteiger partial charge in [0.25, 0.3) is 0 Å². The minimum Gasteiger partial charge on any atom is -0.340 e. The molecule has 3 heterocycles. The molecule has 1 aromatic carbocycles. The molecule has 26 heavy (non-hydrogen) atoms. The van der Waals surface area contributed by atoms with Crippen molar-refractivity contribution in [1.29, 1.82) is 0 Å². The Kier molecular flexibility index (Phi) is 3.65. The summed E-state index contributed by atoms with van der Waals surface area (Å²) in [4.78, 5) is 22.6. The van der Waals surface area contributed by atoms with E-state index in [1.807, 2.05) is 29.2 Å². The highest BCUT2D eigenvalue weighted by Crippen LogP contribution is 2.39. The maximum atomic E-state index is 12.7. The first-order valence-corrected chi connectivity index (χ1v) is 9.31. The number of aromatic amines is 2. The summed E-state index contributed by atoms with van der Waals surface area (Å²) in [6.07, 6.45) is 4.38. The summed E-state index contributed by atoms with van der Waals surface area (Å²) < 4.78 is 0. The fourth-order valence-corrected chi connectivity index (χ4v) is 3.76. The lowest BCUT2D eigenvalue weighted by Crippen LogP contribution is -2.39. The molecule has 1 aliphatic carbocycles. The molecule has 7 heteroatoms. The van der Waals surface area contributed by atoms with Crippen LogP contribution in [0.5, 0.6) is 0 Å². The zero-order valence-corrected chi connectivity index (χ0v) is 14.5. The number of carbonyl (C=O) groups excluding carboxylic acids is 1. The first-order chi connectivity index (χ1) is 12.8. The van der Waals surface area contributed by atoms with Crippen LogP contribution in [-0.2, 0) is 6.54 Å². The van der Waals surface area contributed by atoms with Crippen molar-refractivity contribution in [1.82, 2.24) is 30.4 Å². The van der Waals surface area contributed by atoms with Gasteiger partial charge in [-0.25, -0.2) is 9.78 Å². The predicted molar refractivity (Wildman–Crippen MR) is 97.6 cm³/mol. The van der Waals surface area contributed by atoms with Gasteiger partial charge in [0.05, 0.1) is 35.0 Å². The number of hydrogen-bond donors (Lipinski definition) is 3. The van der Waals surface area contributed by atoms with Crippen molar-refractivity contribution in [2.75, 3.05) is 6.54 Å². The average molecular weight is 350 g/mol. The van der Waals surface area contributed by atoms with E-state index in [1.54, 1.807) is 0 Å². The molecule has 0 spiro atoms. The second kappa shape index (κ2) is 6.16. The Morgan fingerprint density at radius 1 is 1.27 bits per heavy atom. The maximum absolute atomic E-state index is 12.7. The normalized spacial score (nSPS) is 20.0. The van der Waals surface area contributed by atoms with Crippen LogP contribution in [0, 0.1) is 0 Å². The smallest absolute Gasteiger partial charge is 0.318 e. The van der Waals surface area contributed by atoms with Gasteiger partial charge >= 0.3 is 6.03 Å². The molecular weight excluding hydrogens is 328 g/mol. The number of H-pyrrole nitrogens is 2. The van der Waals surface area contributed by atoms with Crippen molar-refractivity contribution >= 4 is 17.1 Å². The number of hydrogen-bond acceptors (Lipinski definition) is 3. The van der Waals surface area contributed by atoms with Gasteiger partial charge in [-0.1, -0.05) is 12.1 Å². The Morgan fingerprint density at radius 3 is 3.00 bits per heavy atom. The van der Waals surface area contributed by atoms with Crippen molar-refractivity contribution in [3.63, 3.8) is 0 Å². The van der Waals surface area contributed by atoms with Crippen molar-refractivity contribution in [3.05, 3.63) is 47.5 Å². The van der Waals surface area contributed by atoms with Gasteiger partial charge < -0.3 is 15.2 Å². The highest BCUT2D eigenvalue weighted by molar-refractivity contribution is 5.76. The summed E-state index contributed by atoms with van der Waals surface area (Å²) in [5.74, 6) is 1.49. The molecule has 2 amide bonds. The molecule has 0 bridgehead atoms. The molecule has 7 nitrogen and oxygen atoms in total. The maximum Gasteiger partial charge on any atom is 0.318 e. The second-order valence-electron chi connectivity index (χ2n) is 7.24. The number of aromatic nitrogens is 4. The van der Waals surface area contributed by atoms with Crippen LogP contribution in [0.1, 0.15) is 54.9 Å². The fraction of sp³-hybridized carbons (Fsp3) is 0.421. The molecule has 5 rings (SSSR count). The van der Waals surface area contributed by atoms with Crippen LogP contribution in [0.3, 0.4) is 0 Å². The number of nitrogens with one attached hydrogen (secondary N) is 3. The Morgan fingerprint density at radius 2 is 2.15 bits per heavy atom. The number of fused-ring (bicyclic) bond motifs is 1. The van der Waals surface area contributed by atoms with Crippen LogP contribution in [0.25, 0.3) is 11.0 Å². The summed E-state index contributed by atoms with van der Waals surface area (Å²) >= 11 is 0. The number of amides is 2. The van der Waals surface area contributed by atoms with E-state index in [9.17, 15) is 4.79 Å². The number of nitrogens with zero attached hydrogens (tertiary/aromatic N) is 3. The molecule has 134 valence electrons. The van der Waals surface area contributed by atoms with E-state index in [-0.39, 0.29) is 12.1 Å². The Hall–Kier alpha value is -2.83. The van der Waals surface area contributed by atoms with Gasteiger partial charge in [0.15, 0.2) is 0 Å². The molecule has 1 saturated carbocycles. The second-order valence-corrected chi connectivity index (χ2v) is 7.24. The zero-order chi connectivity index (χ0) is 17.5. The third-order valence-corrected chi connectivity index (χ3v) is 5.31. The molecule has 3 N–H and O–H groups in total. The van der Waals surface area contributed by atoms with Gasteiger partial charge in [0.2, 0.25) is 0 Å². The Balaban J connectivity index is 1.27. The number of benzene rings is 1. The monoisotopic (exact) mass is 350 g/mol. The van der Waals surface area contributed by atoms with Crippen LogP contribution >= 0.6 is 0 Å². The van der Waals surface area contributed by atoms with Crippen molar-refractivity contribution in [2.45, 2.75) is 44.2 Å². The van der Waals surface area contributed by atoms with E-state index >= 15 is 0 Å². The lowest BCUT2D eigenvalue weighted by atomic mass is 10.2. The summed E-state index contributed by atoms with van der Waals surface area (Å²) in [7, 11) is 0. The van der Waals surface area contributed by atoms with Crippen molar-refractivity contribution in [3.8, 4) is 0 Å². The average Bonchev–Trinajstić information content (AvgIpc) is 3.09. The van der Waals surface area contributed by atoms with E-state index in [2.05, 4.69) is 31.5 Å².